The summed E-state index contributed by atoms with van der Waals surface area (Å²) in [4.78, 5) is 14.6. The Kier molecular flexibility index (Phi) is 3.01. The zero-order valence-corrected chi connectivity index (χ0v) is 8.40. The zero-order chi connectivity index (χ0) is 10.7. The molecule has 82 valence electrons. The lowest BCUT2D eigenvalue weighted by Crippen LogP contribution is -2.11. The van der Waals surface area contributed by atoms with E-state index in [1.165, 1.54) is 6.26 Å². The molecule has 0 aliphatic carbocycles. The number of nitrogens with zero attached hydrogens (tertiary/aromatic N) is 1. The molecule has 1 aliphatic rings. The zero-order valence-electron chi connectivity index (χ0n) is 8.40. The number of carboxylic acids is 1. The van der Waals surface area contributed by atoms with E-state index in [2.05, 4.69) is 10.3 Å². The van der Waals surface area contributed by atoms with Crippen LogP contribution in [0.4, 0.5) is 0 Å². The van der Waals surface area contributed by atoms with Gasteiger partial charge in [0.25, 0.3) is 0 Å². The topological polar surface area (TPSA) is 75.4 Å². The second kappa shape index (κ2) is 4.44. The molecule has 1 aromatic heterocycles. The molecule has 2 N–H and O–H groups in total. The Bertz CT molecular complexity index is 342. The highest BCUT2D eigenvalue weighted by atomic mass is 16.4. The minimum atomic E-state index is -0.877. The van der Waals surface area contributed by atoms with Crippen molar-refractivity contribution in [2.45, 2.75) is 19.3 Å². The van der Waals surface area contributed by atoms with Crippen molar-refractivity contribution in [2.75, 3.05) is 13.1 Å². The molecule has 1 saturated heterocycles. The summed E-state index contributed by atoms with van der Waals surface area (Å²) < 4.78 is 5.23. The maximum atomic E-state index is 10.4. The van der Waals surface area contributed by atoms with Gasteiger partial charge in [0.05, 0.1) is 12.1 Å². The monoisotopic (exact) mass is 210 g/mol. The first-order valence-electron chi connectivity index (χ1n) is 5.10. The Morgan fingerprint density at radius 2 is 2.60 bits per heavy atom. The molecule has 0 saturated carbocycles. The molecule has 2 rings (SSSR count). The van der Waals surface area contributed by atoms with Gasteiger partial charge in [-0.2, -0.15) is 0 Å². The van der Waals surface area contributed by atoms with Crippen LogP contribution in [0.2, 0.25) is 0 Å². The third-order valence-corrected chi connectivity index (χ3v) is 2.56. The summed E-state index contributed by atoms with van der Waals surface area (Å²) in [5.74, 6) is 0.346. The molecule has 0 spiro atoms. The highest BCUT2D eigenvalue weighted by molar-refractivity contribution is 5.69. The van der Waals surface area contributed by atoms with Gasteiger partial charge in [-0.05, 0) is 25.4 Å². The molecule has 0 radical (unpaired) electrons. The van der Waals surface area contributed by atoms with Gasteiger partial charge in [0.15, 0.2) is 5.89 Å². The van der Waals surface area contributed by atoms with Crippen LogP contribution in [0, 0.1) is 5.92 Å². The SMILES string of the molecule is O=C(O)Cc1coc(CC2CCNC2)n1. The standard InChI is InChI=1S/C10H14N2O3/c13-10(14)4-8-6-15-9(12-8)3-7-1-2-11-5-7/h6-7,11H,1-5H2,(H,13,14). The van der Waals surface area contributed by atoms with E-state index in [0.717, 1.165) is 25.9 Å². The van der Waals surface area contributed by atoms with Crippen molar-refractivity contribution in [3.8, 4) is 0 Å². The number of aliphatic carboxylic acids is 1. The number of hydrogen-bond acceptors (Lipinski definition) is 4. The van der Waals surface area contributed by atoms with E-state index in [4.69, 9.17) is 9.52 Å². The van der Waals surface area contributed by atoms with Gasteiger partial charge in [0.2, 0.25) is 0 Å². The van der Waals surface area contributed by atoms with Gasteiger partial charge in [0.1, 0.15) is 6.26 Å². The van der Waals surface area contributed by atoms with Crippen molar-refractivity contribution < 1.29 is 14.3 Å². The smallest absolute Gasteiger partial charge is 0.309 e. The van der Waals surface area contributed by atoms with Crippen LogP contribution in [0.5, 0.6) is 0 Å². The largest absolute Gasteiger partial charge is 0.481 e. The van der Waals surface area contributed by atoms with Crippen LogP contribution in [-0.2, 0) is 17.6 Å². The summed E-state index contributed by atoms with van der Waals surface area (Å²) in [5.41, 5.74) is 0.503. The molecule has 2 heterocycles. The van der Waals surface area contributed by atoms with Crippen molar-refractivity contribution in [3.05, 3.63) is 17.8 Å². The molecular weight excluding hydrogens is 196 g/mol. The van der Waals surface area contributed by atoms with Crippen LogP contribution in [0.3, 0.4) is 0 Å². The molecular formula is C10H14N2O3. The average Bonchev–Trinajstić information content (AvgIpc) is 2.77. The Morgan fingerprint density at radius 3 is 3.27 bits per heavy atom. The molecule has 0 bridgehead atoms. The summed E-state index contributed by atoms with van der Waals surface area (Å²) in [6.45, 7) is 2.05. The number of aromatic nitrogens is 1. The molecule has 1 fully saturated rings. The second-order valence-electron chi connectivity index (χ2n) is 3.87. The molecule has 0 amide bonds. The van der Waals surface area contributed by atoms with E-state index in [-0.39, 0.29) is 6.42 Å². The fraction of sp³-hybridized carbons (Fsp3) is 0.600. The molecule has 15 heavy (non-hydrogen) atoms. The molecule has 5 heteroatoms. The predicted octanol–water partition coefficient (Wildman–Crippen LogP) is 0.454. The number of oxazole rings is 1. The lowest BCUT2D eigenvalue weighted by Gasteiger charge is -2.02. The molecule has 1 unspecified atom stereocenters. The van der Waals surface area contributed by atoms with Gasteiger partial charge < -0.3 is 14.8 Å². The van der Waals surface area contributed by atoms with Crippen LogP contribution < -0.4 is 5.32 Å². The van der Waals surface area contributed by atoms with E-state index in [0.29, 0.717) is 17.5 Å². The lowest BCUT2D eigenvalue weighted by molar-refractivity contribution is -0.136. The molecule has 1 aliphatic heterocycles. The number of carbonyl (C=O) groups is 1. The van der Waals surface area contributed by atoms with E-state index >= 15 is 0 Å². The van der Waals surface area contributed by atoms with E-state index in [1.807, 2.05) is 0 Å². The number of carboxylic acid groups (broad SMARTS) is 1. The Hall–Kier alpha value is -1.36. The highest BCUT2D eigenvalue weighted by Gasteiger charge is 2.17. The van der Waals surface area contributed by atoms with Gasteiger partial charge >= 0.3 is 5.97 Å². The van der Waals surface area contributed by atoms with Crippen LogP contribution in [0.25, 0.3) is 0 Å². The first-order valence-corrected chi connectivity index (χ1v) is 5.10. The number of rotatable bonds is 4. The van der Waals surface area contributed by atoms with Crippen molar-refractivity contribution >= 4 is 5.97 Å². The van der Waals surface area contributed by atoms with Crippen molar-refractivity contribution in [3.63, 3.8) is 0 Å². The Morgan fingerprint density at radius 1 is 1.73 bits per heavy atom. The molecule has 1 atom stereocenters. The summed E-state index contributed by atoms with van der Waals surface area (Å²) in [7, 11) is 0. The van der Waals surface area contributed by atoms with Crippen LogP contribution in [0.15, 0.2) is 10.7 Å². The van der Waals surface area contributed by atoms with E-state index < -0.39 is 5.97 Å². The molecule has 5 nitrogen and oxygen atoms in total. The molecule has 0 aromatic carbocycles. The Balaban J connectivity index is 1.91. The average molecular weight is 210 g/mol. The van der Waals surface area contributed by atoms with Gasteiger partial charge in [0, 0.05) is 6.42 Å². The maximum Gasteiger partial charge on any atom is 0.309 e. The number of nitrogens with one attached hydrogen (secondary N) is 1. The predicted molar refractivity (Wildman–Crippen MR) is 52.5 cm³/mol. The third kappa shape index (κ3) is 2.79. The van der Waals surface area contributed by atoms with Crippen molar-refractivity contribution in [1.82, 2.24) is 10.3 Å². The lowest BCUT2D eigenvalue weighted by atomic mass is 10.1. The highest BCUT2D eigenvalue weighted by Crippen LogP contribution is 2.14. The van der Waals surface area contributed by atoms with Crippen LogP contribution in [-0.4, -0.2) is 29.1 Å². The Labute approximate surface area is 87.5 Å². The normalized spacial score (nSPS) is 20.7. The summed E-state index contributed by atoms with van der Waals surface area (Å²) in [6.07, 6.45) is 3.31. The van der Waals surface area contributed by atoms with E-state index in [1.54, 1.807) is 0 Å². The minimum absolute atomic E-state index is 0.0631. The second-order valence-corrected chi connectivity index (χ2v) is 3.87. The molecule has 1 aromatic rings. The first kappa shape index (κ1) is 10.2. The van der Waals surface area contributed by atoms with Gasteiger partial charge in [-0.1, -0.05) is 0 Å². The summed E-state index contributed by atoms with van der Waals surface area (Å²) in [5, 5.41) is 11.8. The van der Waals surface area contributed by atoms with Crippen LogP contribution >= 0.6 is 0 Å². The third-order valence-electron chi connectivity index (χ3n) is 2.56. The number of hydrogen-bond donors (Lipinski definition) is 2. The summed E-state index contributed by atoms with van der Waals surface area (Å²) in [6, 6.07) is 0. The maximum absolute atomic E-state index is 10.4. The van der Waals surface area contributed by atoms with Crippen LogP contribution in [0.1, 0.15) is 18.0 Å². The quantitative estimate of drug-likeness (QED) is 0.754. The van der Waals surface area contributed by atoms with E-state index in [9.17, 15) is 4.79 Å². The van der Waals surface area contributed by atoms with Crippen molar-refractivity contribution in [1.29, 1.82) is 0 Å². The fourth-order valence-corrected chi connectivity index (χ4v) is 1.81. The fourth-order valence-electron chi connectivity index (χ4n) is 1.81. The van der Waals surface area contributed by atoms with Gasteiger partial charge in [-0.3, -0.25) is 4.79 Å². The first-order chi connectivity index (χ1) is 7.24. The minimum Gasteiger partial charge on any atom is -0.481 e. The van der Waals surface area contributed by atoms with Crippen molar-refractivity contribution in [2.24, 2.45) is 5.92 Å². The van der Waals surface area contributed by atoms with Gasteiger partial charge in [-0.25, -0.2) is 4.98 Å². The summed E-state index contributed by atoms with van der Waals surface area (Å²) >= 11 is 0. The van der Waals surface area contributed by atoms with Gasteiger partial charge in [-0.15, -0.1) is 0 Å².